The van der Waals surface area contributed by atoms with Crippen molar-refractivity contribution in [2.24, 2.45) is 0 Å². The highest BCUT2D eigenvalue weighted by atomic mass is 19.4. The van der Waals surface area contributed by atoms with Crippen molar-refractivity contribution in [3.05, 3.63) is 57.9 Å². The van der Waals surface area contributed by atoms with E-state index in [1.54, 1.807) is 13.0 Å². The van der Waals surface area contributed by atoms with E-state index in [1.165, 1.54) is 31.2 Å². The Morgan fingerprint density at radius 2 is 1.92 bits per heavy atom. The minimum absolute atomic E-state index is 0.0441. The molecule has 2 aromatic rings. The summed E-state index contributed by atoms with van der Waals surface area (Å²) in [4.78, 5) is 14.0. The van der Waals surface area contributed by atoms with Crippen LogP contribution < -0.4 is 0 Å². The van der Waals surface area contributed by atoms with E-state index in [2.05, 4.69) is 4.98 Å². The van der Waals surface area contributed by atoms with Gasteiger partial charge in [-0.05, 0) is 31.6 Å². The molecule has 0 fully saturated rings. The number of nitrogens with one attached hydrogen (secondary N) is 1. The van der Waals surface area contributed by atoms with Gasteiger partial charge in [-0.15, -0.1) is 0 Å². The smallest absolute Gasteiger partial charge is 0.417 e. The molecule has 0 radical (unpaired) electrons. The lowest BCUT2D eigenvalue weighted by atomic mass is 9.98. The summed E-state index contributed by atoms with van der Waals surface area (Å²) < 4.78 is 39.3. The summed E-state index contributed by atoms with van der Waals surface area (Å²) in [6.07, 6.45) is -3.36. The molecule has 4 nitrogen and oxygen atoms in total. The highest BCUT2D eigenvalue weighted by Gasteiger charge is 2.33. The van der Waals surface area contributed by atoms with Gasteiger partial charge in [-0.1, -0.05) is 18.2 Å². The molecule has 1 aromatic heterocycles. The van der Waals surface area contributed by atoms with E-state index in [4.69, 9.17) is 5.11 Å². The molecule has 0 bridgehead atoms. The second-order valence-electron chi connectivity index (χ2n) is 5.18. The van der Waals surface area contributed by atoms with Crippen LogP contribution in [0.4, 0.5) is 13.2 Å². The number of carbonyl (C=O) groups is 1. The van der Waals surface area contributed by atoms with Gasteiger partial charge >= 0.3 is 12.1 Å². The summed E-state index contributed by atoms with van der Waals surface area (Å²) in [6.45, 7) is 3.08. The molecule has 0 unspecified atom stereocenters. The maximum absolute atomic E-state index is 13.1. The largest absolute Gasteiger partial charge is 0.478 e. The van der Waals surface area contributed by atoms with Crippen molar-refractivity contribution in [2.75, 3.05) is 0 Å². The maximum atomic E-state index is 13.1. The van der Waals surface area contributed by atoms with Gasteiger partial charge < -0.3 is 10.1 Å². The average Bonchev–Trinajstić information content (AvgIpc) is 2.78. The number of rotatable bonds is 3. The number of carboxylic acids is 1. The van der Waals surface area contributed by atoms with Gasteiger partial charge in [0, 0.05) is 17.0 Å². The maximum Gasteiger partial charge on any atom is 0.417 e. The number of aromatic amines is 1. The topological polar surface area (TPSA) is 76.9 Å². The first-order valence-electron chi connectivity index (χ1n) is 6.87. The molecule has 0 atom stereocenters. The Kier molecular flexibility index (Phi) is 4.51. The van der Waals surface area contributed by atoms with Gasteiger partial charge in [0.15, 0.2) is 0 Å². The number of carboxylic acid groups (broad SMARTS) is 1. The van der Waals surface area contributed by atoms with Crippen LogP contribution in [0, 0.1) is 25.2 Å². The number of benzene rings is 1. The van der Waals surface area contributed by atoms with Gasteiger partial charge in [0.2, 0.25) is 0 Å². The Morgan fingerprint density at radius 3 is 2.42 bits per heavy atom. The summed E-state index contributed by atoms with van der Waals surface area (Å²) in [6, 6.07) is 6.52. The number of H-pyrrole nitrogens is 1. The van der Waals surface area contributed by atoms with Crippen LogP contribution in [0.1, 0.15) is 38.4 Å². The second kappa shape index (κ2) is 6.24. The van der Waals surface area contributed by atoms with Gasteiger partial charge in [-0.25, -0.2) is 4.79 Å². The Bertz CT molecular complexity index is 871. The van der Waals surface area contributed by atoms with E-state index in [0.717, 1.165) is 6.07 Å². The number of nitriles is 1. The molecule has 0 amide bonds. The van der Waals surface area contributed by atoms with Crippen molar-refractivity contribution in [2.45, 2.75) is 20.0 Å². The van der Waals surface area contributed by atoms with Crippen LogP contribution in [-0.4, -0.2) is 16.1 Å². The number of halogens is 3. The summed E-state index contributed by atoms with van der Waals surface area (Å²) in [5.41, 5.74) is -0.316. The van der Waals surface area contributed by atoms with E-state index < -0.39 is 17.7 Å². The molecular formula is C17H13F3N2O2. The molecule has 0 aliphatic heterocycles. The SMILES string of the molecule is Cc1[nH]c(/C=C(\C#N)c2ccccc2C(F)(F)F)c(C)c1C(=O)O. The zero-order chi connectivity index (χ0) is 18.1. The van der Waals surface area contributed by atoms with Crippen molar-refractivity contribution < 1.29 is 23.1 Å². The van der Waals surface area contributed by atoms with Crippen LogP contribution >= 0.6 is 0 Å². The molecule has 1 aromatic carbocycles. The Hall–Kier alpha value is -3.01. The molecule has 0 aliphatic rings. The third-order valence-corrected chi connectivity index (χ3v) is 3.62. The normalized spacial score (nSPS) is 12.1. The van der Waals surface area contributed by atoms with Crippen molar-refractivity contribution in [3.8, 4) is 6.07 Å². The Morgan fingerprint density at radius 1 is 1.29 bits per heavy atom. The summed E-state index contributed by atoms with van der Waals surface area (Å²) >= 11 is 0. The zero-order valence-electron chi connectivity index (χ0n) is 12.8. The minimum Gasteiger partial charge on any atom is -0.478 e. The van der Waals surface area contributed by atoms with Gasteiger partial charge in [0.05, 0.1) is 22.8 Å². The standard InChI is InChI=1S/C17H13F3N2O2/c1-9-14(22-10(2)15(9)16(23)24)7-11(8-21)12-5-3-4-6-13(12)17(18,19)20/h3-7,22H,1-2H3,(H,23,24)/b11-7+. The molecule has 0 aliphatic carbocycles. The fraction of sp³-hybridized carbons (Fsp3) is 0.176. The van der Waals surface area contributed by atoms with E-state index in [0.29, 0.717) is 17.0 Å². The van der Waals surface area contributed by atoms with Gasteiger partial charge in [0.25, 0.3) is 0 Å². The molecule has 0 saturated heterocycles. The highest BCUT2D eigenvalue weighted by Crippen LogP contribution is 2.35. The van der Waals surface area contributed by atoms with E-state index in [1.807, 2.05) is 0 Å². The summed E-state index contributed by atoms with van der Waals surface area (Å²) in [7, 11) is 0. The Balaban J connectivity index is 2.64. The van der Waals surface area contributed by atoms with Crippen LogP contribution in [0.15, 0.2) is 24.3 Å². The van der Waals surface area contributed by atoms with Crippen molar-refractivity contribution in [1.82, 2.24) is 4.98 Å². The third-order valence-electron chi connectivity index (χ3n) is 3.62. The lowest BCUT2D eigenvalue weighted by Crippen LogP contribution is -2.08. The number of alkyl halides is 3. The van der Waals surface area contributed by atoms with Crippen LogP contribution in [0.5, 0.6) is 0 Å². The number of aryl methyl sites for hydroxylation is 1. The molecule has 2 N–H and O–H groups in total. The molecule has 0 spiro atoms. The van der Waals surface area contributed by atoms with E-state index in [9.17, 15) is 23.2 Å². The molecule has 0 saturated carbocycles. The predicted octanol–water partition coefficient (Wildman–Crippen LogP) is 4.41. The highest BCUT2D eigenvalue weighted by molar-refractivity contribution is 5.95. The van der Waals surface area contributed by atoms with Crippen molar-refractivity contribution >= 4 is 17.6 Å². The summed E-state index contributed by atoms with van der Waals surface area (Å²) in [5.74, 6) is -1.14. The molecule has 2 rings (SSSR count). The monoisotopic (exact) mass is 334 g/mol. The zero-order valence-corrected chi connectivity index (χ0v) is 12.8. The van der Waals surface area contributed by atoms with Gasteiger partial charge in [0.1, 0.15) is 0 Å². The second-order valence-corrected chi connectivity index (χ2v) is 5.18. The van der Waals surface area contributed by atoms with Gasteiger partial charge in [-0.3, -0.25) is 0 Å². The lowest BCUT2D eigenvalue weighted by Gasteiger charge is -2.11. The lowest BCUT2D eigenvalue weighted by molar-refractivity contribution is -0.137. The van der Waals surface area contributed by atoms with Crippen LogP contribution in [0.25, 0.3) is 11.6 Å². The molecule has 124 valence electrons. The number of hydrogen-bond donors (Lipinski definition) is 2. The minimum atomic E-state index is -4.60. The molecule has 24 heavy (non-hydrogen) atoms. The first-order chi connectivity index (χ1) is 11.2. The number of hydrogen-bond acceptors (Lipinski definition) is 2. The predicted molar refractivity (Wildman–Crippen MR) is 82.2 cm³/mol. The first-order valence-corrected chi connectivity index (χ1v) is 6.87. The fourth-order valence-electron chi connectivity index (χ4n) is 2.52. The van der Waals surface area contributed by atoms with E-state index in [-0.39, 0.29) is 16.7 Å². The number of aromatic nitrogens is 1. The number of aromatic carboxylic acids is 1. The summed E-state index contributed by atoms with van der Waals surface area (Å²) in [5, 5.41) is 18.5. The quantitative estimate of drug-likeness (QED) is 0.816. The number of nitrogens with zero attached hydrogens (tertiary/aromatic N) is 1. The average molecular weight is 334 g/mol. The first kappa shape index (κ1) is 17.3. The Labute approximate surface area is 135 Å². The molecule has 1 heterocycles. The van der Waals surface area contributed by atoms with Gasteiger partial charge in [-0.2, -0.15) is 18.4 Å². The van der Waals surface area contributed by atoms with Crippen molar-refractivity contribution in [3.63, 3.8) is 0 Å². The molecular weight excluding hydrogens is 321 g/mol. The van der Waals surface area contributed by atoms with Crippen LogP contribution in [0.2, 0.25) is 0 Å². The fourth-order valence-corrected chi connectivity index (χ4v) is 2.52. The molecule has 7 heteroatoms. The van der Waals surface area contributed by atoms with Crippen LogP contribution in [-0.2, 0) is 6.18 Å². The number of allylic oxidation sites excluding steroid dienone is 1. The van der Waals surface area contributed by atoms with Crippen LogP contribution in [0.3, 0.4) is 0 Å². The van der Waals surface area contributed by atoms with Crippen molar-refractivity contribution in [1.29, 1.82) is 5.26 Å². The van der Waals surface area contributed by atoms with E-state index >= 15 is 0 Å². The third kappa shape index (κ3) is 3.18.